The van der Waals surface area contributed by atoms with Crippen molar-refractivity contribution in [2.75, 3.05) is 5.75 Å². The van der Waals surface area contributed by atoms with Crippen molar-refractivity contribution in [3.05, 3.63) is 28.8 Å². The highest BCUT2D eigenvalue weighted by molar-refractivity contribution is 7.99. The first-order valence-corrected chi connectivity index (χ1v) is 7.60. The Bertz CT molecular complexity index is 609. The van der Waals surface area contributed by atoms with Gasteiger partial charge in [0, 0.05) is 10.5 Å². The van der Waals surface area contributed by atoms with E-state index in [-0.39, 0.29) is 17.4 Å². The SMILES string of the molecule is CCCSc1c(C(F)(C(F)(F)F)C(F)(F)F)ccc(C(=O)O)c1C. The fourth-order valence-electron chi connectivity index (χ4n) is 2.05. The number of carboxylic acid groups (broad SMARTS) is 1. The molecule has 1 aromatic rings. The molecular weight excluding hydrogens is 365 g/mol. The Labute approximate surface area is 137 Å². The highest BCUT2D eigenvalue weighted by Gasteiger charge is 2.74. The number of rotatable bonds is 5. The third kappa shape index (κ3) is 3.47. The number of halogens is 7. The third-order valence-electron chi connectivity index (χ3n) is 3.24. The van der Waals surface area contributed by atoms with Crippen molar-refractivity contribution in [2.24, 2.45) is 0 Å². The van der Waals surface area contributed by atoms with Gasteiger partial charge in [-0.1, -0.05) is 13.0 Å². The lowest BCUT2D eigenvalue weighted by atomic mass is 9.91. The Morgan fingerprint density at radius 2 is 1.58 bits per heavy atom. The predicted octanol–water partition coefficient (Wildman–Crippen LogP) is 5.48. The van der Waals surface area contributed by atoms with Crippen LogP contribution in [0, 0.1) is 6.92 Å². The second-order valence-corrected chi connectivity index (χ2v) is 6.03. The van der Waals surface area contributed by atoms with E-state index in [9.17, 15) is 35.5 Å². The van der Waals surface area contributed by atoms with Crippen LogP contribution in [0.15, 0.2) is 17.0 Å². The normalized spacial score (nSPS) is 13.2. The highest BCUT2D eigenvalue weighted by Crippen LogP contribution is 2.55. The van der Waals surface area contributed by atoms with E-state index in [0.717, 1.165) is 6.92 Å². The molecule has 2 nitrogen and oxygen atoms in total. The van der Waals surface area contributed by atoms with Gasteiger partial charge in [-0.15, -0.1) is 11.8 Å². The van der Waals surface area contributed by atoms with Crippen molar-refractivity contribution in [2.45, 2.75) is 43.2 Å². The predicted molar refractivity (Wildman–Crippen MR) is 74.0 cm³/mol. The van der Waals surface area contributed by atoms with E-state index in [0.29, 0.717) is 24.2 Å². The Morgan fingerprint density at radius 3 is 1.96 bits per heavy atom. The maximum absolute atomic E-state index is 14.3. The number of carbonyl (C=O) groups is 1. The maximum atomic E-state index is 14.3. The molecular formula is C14H13F7O2S. The number of benzene rings is 1. The lowest BCUT2D eigenvalue weighted by molar-refractivity contribution is -0.349. The second-order valence-electron chi connectivity index (χ2n) is 4.92. The molecule has 24 heavy (non-hydrogen) atoms. The molecule has 0 unspecified atom stereocenters. The summed E-state index contributed by atoms with van der Waals surface area (Å²) in [5.74, 6) is -1.43. The summed E-state index contributed by atoms with van der Waals surface area (Å²) in [5, 5.41) is 8.98. The van der Waals surface area contributed by atoms with Gasteiger partial charge in [0.2, 0.25) is 0 Å². The standard InChI is InChI=1S/C14H13F7O2S/c1-3-6-24-10-7(2)8(11(22)23)4-5-9(10)12(15,13(16,17)18)14(19,20)21/h4-5H,3,6H2,1-2H3,(H,22,23). The van der Waals surface area contributed by atoms with Crippen molar-refractivity contribution < 1.29 is 40.6 Å². The molecule has 10 heteroatoms. The number of thioether (sulfide) groups is 1. The number of hydrogen-bond acceptors (Lipinski definition) is 2. The monoisotopic (exact) mass is 378 g/mol. The molecule has 0 aliphatic heterocycles. The first kappa shape index (κ1) is 20.6. The zero-order chi connectivity index (χ0) is 18.9. The summed E-state index contributed by atoms with van der Waals surface area (Å²) in [6.45, 7) is 2.68. The molecule has 0 heterocycles. The maximum Gasteiger partial charge on any atom is 0.435 e. The van der Waals surface area contributed by atoms with Gasteiger partial charge in [-0.2, -0.15) is 26.3 Å². The molecule has 0 spiro atoms. The molecule has 0 aromatic heterocycles. The molecule has 0 atom stereocenters. The summed E-state index contributed by atoms with van der Waals surface area (Å²) >= 11 is 0.561. The molecule has 0 radical (unpaired) electrons. The van der Waals surface area contributed by atoms with Crippen molar-refractivity contribution in [1.29, 1.82) is 0 Å². The van der Waals surface area contributed by atoms with E-state index in [1.807, 2.05) is 0 Å². The second kappa shape index (κ2) is 6.81. The Morgan fingerprint density at radius 1 is 1.08 bits per heavy atom. The Balaban J connectivity index is 3.78. The van der Waals surface area contributed by atoms with E-state index in [1.54, 1.807) is 6.92 Å². The number of alkyl halides is 7. The van der Waals surface area contributed by atoms with Crippen LogP contribution in [-0.4, -0.2) is 29.2 Å². The molecule has 0 amide bonds. The highest BCUT2D eigenvalue weighted by atomic mass is 32.2. The Hall–Kier alpha value is -1.45. The minimum atomic E-state index is -6.25. The number of hydrogen-bond donors (Lipinski definition) is 1. The third-order valence-corrected chi connectivity index (χ3v) is 4.67. The van der Waals surface area contributed by atoms with E-state index in [4.69, 9.17) is 5.11 Å². The van der Waals surface area contributed by atoms with Crippen molar-refractivity contribution in [3.8, 4) is 0 Å². The molecule has 1 rings (SSSR count). The van der Waals surface area contributed by atoms with E-state index in [1.165, 1.54) is 0 Å². The minimum absolute atomic E-state index is 0.0999. The van der Waals surface area contributed by atoms with Crippen molar-refractivity contribution in [1.82, 2.24) is 0 Å². The van der Waals surface area contributed by atoms with Crippen LogP contribution in [0.4, 0.5) is 30.7 Å². The van der Waals surface area contributed by atoms with Gasteiger partial charge < -0.3 is 5.11 Å². The van der Waals surface area contributed by atoms with Crippen molar-refractivity contribution >= 4 is 17.7 Å². The Kier molecular flexibility index (Phi) is 5.85. The summed E-state index contributed by atoms with van der Waals surface area (Å²) in [4.78, 5) is 10.4. The van der Waals surface area contributed by atoms with Gasteiger partial charge >= 0.3 is 24.0 Å². The van der Waals surface area contributed by atoms with Gasteiger partial charge in [0.15, 0.2) is 0 Å². The zero-order valence-electron chi connectivity index (χ0n) is 12.5. The van der Waals surface area contributed by atoms with Gasteiger partial charge in [0.1, 0.15) is 0 Å². The van der Waals surface area contributed by atoms with Gasteiger partial charge in [0.25, 0.3) is 0 Å². The molecule has 0 bridgehead atoms. The molecule has 1 aromatic carbocycles. The van der Waals surface area contributed by atoms with E-state index >= 15 is 0 Å². The topological polar surface area (TPSA) is 37.3 Å². The van der Waals surface area contributed by atoms with Crippen LogP contribution in [0.2, 0.25) is 0 Å². The lowest BCUT2D eigenvalue weighted by Crippen LogP contribution is -2.50. The van der Waals surface area contributed by atoms with Gasteiger partial charge in [-0.3, -0.25) is 0 Å². The summed E-state index contributed by atoms with van der Waals surface area (Å²) in [7, 11) is 0. The van der Waals surface area contributed by atoms with Crippen LogP contribution in [0.5, 0.6) is 0 Å². The summed E-state index contributed by atoms with van der Waals surface area (Å²) < 4.78 is 92.1. The van der Waals surface area contributed by atoms with Gasteiger partial charge in [-0.25, -0.2) is 9.18 Å². The van der Waals surface area contributed by atoms with Crippen LogP contribution >= 0.6 is 11.8 Å². The molecule has 136 valence electrons. The summed E-state index contributed by atoms with van der Waals surface area (Å²) in [5.41, 5.74) is -8.04. The van der Waals surface area contributed by atoms with Crippen LogP contribution in [0.1, 0.15) is 34.8 Å². The number of carboxylic acids is 1. The van der Waals surface area contributed by atoms with Crippen molar-refractivity contribution in [3.63, 3.8) is 0 Å². The largest absolute Gasteiger partial charge is 0.478 e. The number of aromatic carboxylic acids is 1. The quantitative estimate of drug-likeness (QED) is 0.544. The lowest BCUT2D eigenvalue weighted by Gasteiger charge is -2.32. The van der Waals surface area contributed by atoms with Crippen LogP contribution < -0.4 is 0 Å². The van der Waals surface area contributed by atoms with Gasteiger partial charge in [-0.05, 0) is 30.7 Å². The summed E-state index contributed by atoms with van der Waals surface area (Å²) in [6, 6.07) is 0.796. The summed E-state index contributed by atoms with van der Waals surface area (Å²) in [6.07, 6.45) is -12.1. The van der Waals surface area contributed by atoms with Crippen LogP contribution in [0.3, 0.4) is 0 Å². The molecule has 0 saturated heterocycles. The van der Waals surface area contributed by atoms with Crippen LogP contribution in [-0.2, 0) is 5.67 Å². The smallest absolute Gasteiger partial charge is 0.435 e. The van der Waals surface area contributed by atoms with Crippen LogP contribution in [0.25, 0.3) is 0 Å². The fraction of sp³-hybridized carbons (Fsp3) is 0.500. The molecule has 0 aliphatic carbocycles. The van der Waals surface area contributed by atoms with E-state index < -0.39 is 40.0 Å². The van der Waals surface area contributed by atoms with Gasteiger partial charge in [0.05, 0.1) is 5.56 Å². The minimum Gasteiger partial charge on any atom is -0.478 e. The molecule has 0 aliphatic rings. The molecule has 0 saturated carbocycles. The first-order valence-electron chi connectivity index (χ1n) is 6.61. The average Bonchev–Trinajstić information content (AvgIpc) is 2.41. The fourth-order valence-corrected chi connectivity index (χ4v) is 3.15. The zero-order valence-corrected chi connectivity index (χ0v) is 13.3. The average molecular weight is 378 g/mol. The molecule has 1 N–H and O–H groups in total. The molecule has 0 fully saturated rings. The van der Waals surface area contributed by atoms with E-state index in [2.05, 4.69) is 0 Å². The first-order chi connectivity index (χ1) is 10.8.